The van der Waals surface area contributed by atoms with Gasteiger partial charge in [0.2, 0.25) is 0 Å². The molecule has 0 aromatic heterocycles. The Morgan fingerprint density at radius 2 is 1.55 bits per heavy atom. The first kappa shape index (κ1) is 14.5. The largest absolute Gasteiger partial charge is 0.322 e. The molecule has 20 heavy (non-hydrogen) atoms. The van der Waals surface area contributed by atoms with Crippen LogP contribution < -0.4 is 5.32 Å². The summed E-state index contributed by atoms with van der Waals surface area (Å²) in [4.78, 5) is 11.8. The molecular weight excluding hydrogens is 305 g/mol. The summed E-state index contributed by atoms with van der Waals surface area (Å²) in [5, 5.41) is 2.56. The summed E-state index contributed by atoms with van der Waals surface area (Å²) in [6, 6.07) is 10.4. The van der Waals surface area contributed by atoms with Gasteiger partial charge in [-0.15, -0.1) is 0 Å². The Balaban J connectivity index is 2.14. The first-order valence-corrected chi connectivity index (χ1v) is 7.79. The van der Waals surface area contributed by atoms with Crippen LogP contribution in [0.25, 0.3) is 0 Å². The van der Waals surface area contributed by atoms with Crippen molar-refractivity contribution in [1.82, 2.24) is 0 Å². The van der Waals surface area contributed by atoms with Gasteiger partial charge in [0.15, 0.2) is 0 Å². The molecule has 0 atom stereocenters. The van der Waals surface area contributed by atoms with Crippen molar-refractivity contribution in [2.24, 2.45) is 0 Å². The van der Waals surface area contributed by atoms with E-state index in [0.717, 1.165) is 0 Å². The van der Waals surface area contributed by atoms with E-state index in [1.165, 1.54) is 48.5 Å². The van der Waals surface area contributed by atoms with Crippen LogP contribution in [0.5, 0.6) is 0 Å². The van der Waals surface area contributed by atoms with E-state index in [1.807, 2.05) is 0 Å². The standard InChI is InChI=1S/C13H9ClFNO3S/c14-20(18,19)12-7-5-11(6-8-12)16-13(17)9-1-3-10(15)4-2-9/h1-8H,(H,16,17). The van der Waals surface area contributed by atoms with Gasteiger partial charge in [0, 0.05) is 21.9 Å². The van der Waals surface area contributed by atoms with Gasteiger partial charge in [-0.3, -0.25) is 4.79 Å². The normalized spacial score (nSPS) is 11.1. The molecule has 1 amide bonds. The van der Waals surface area contributed by atoms with Crippen LogP contribution in [0.4, 0.5) is 10.1 Å². The molecule has 0 saturated carbocycles. The van der Waals surface area contributed by atoms with Gasteiger partial charge in [0.25, 0.3) is 15.0 Å². The lowest BCUT2D eigenvalue weighted by Gasteiger charge is -2.05. The van der Waals surface area contributed by atoms with Crippen molar-refractivity contribution in [3.8, 4) is 0 Å². The summed E-state index contributed by atoms with van der Waals surface area (Å²) in [5.41, 5.74) is 0.698. The Hall–Kier alpha value is -1.92. The molecule has 2 rings (SSSR count). The summed E-state index contributed by atoms with van der Waals surface area (Å²) in [7, 11) is 1.39. The third-order valence-electron chi connectivity index (χ3n) is 2.50. The monoisotopic (exact) mass is 313 g/mol. The highest BCUT2D eigenvalue weighted by Gasteiger charge is 2.10. The van der Waals surface area contributed by atoms with Gasteiger partial charge in [-0.25, -0.2) is 12.8 Å². The van der Waals surface area contributed by atoms with Crippen molar-refractivity contribution in [2.45, 2.75) is 4.90 Å². The third-order valence-corrected chi connectivity index (χ3v) is 3.87. The maximum Gasteiger partial charge on any atom is 0.261 e. The molecule has 0 saturated heterocycles. The fraction of sp³-hybridized carbons (Fsp3) is 0. The first-order valence-electron chi connectivity index (χ1n) is 5.48. The van der Waals surface area contributed by atoms with Gasteiger partial charge in [0.05, 0.1) is 4.90 Å². The molecule has 0 bridgehead atoms. The van der Waals surface area contributed by atoms with Gasteiger partial charge in [-0.2, -0.15) is 0 Å². The smallest absolute Gasteiger partial charge is 0.261 e. The number of anilines is 1. The Morgan fingerprint density at radius 3 is 2.05 bits per heavy atom. The number of nitrogens with one attached hydrogen (secondary N) is 1. The van der Waals surface area contributed by atoms with E-state index in [0.29, 0.717) is 11.3 Å². The molecular formula is C13H9ClFNO3S. The second-order valence-electron chi connectivity index (χ2n) is 3.92. The van der Waals surface area contributed by atoms with Crippen LogP contribution in [0.2, 0.25) is 0 Å². The van der Waals surface area contributed by atoms with E-state index >= 15 is 0 Å². The first-order chi connectivity index (χ1) is 9.36. The molecule has 104 valence electrons. The summed E-state index contributed by atoms with van der Waals surface area (Å²) in [5.74, 6) is -0.857. The molecule has 1 N–H and O–H groups in total. The van der Waals surface area contributed by atoms with Crippen LogP contribution in [0.1, 0.15) is 10.4 Å². The number of carbonyl (C=O) groups is 1. The molecule has 0 aliphatic rings. The number of rotatable bonds is 3. The molecule has 0 aliphatic heterocycles. The van der Waals surface area contributed by atoms with Crippen LogP contribution in [-0.2, 0) is 9.05 Å². The van der Waals surface area contributed by atoms with Crippen LogP contribution in [0.15, 0.2) is 53.4 Å². The maximum absolute atomic E-state index is 12.7. The van der Waals surface area contributed by atoms with Gasteiger partial charge < -0.3 is 5.32 Å². The summed E-state index contributed by atoms with van der Waals surface area (Å²) in [6.45, 7) is 0. The van der Waals surface area contributed by atoms with Crippen LogP contribution in [0, 0.1) is 5.82 Å². The highest BCUT2D eigenvalue weighted by Crippen LogP contribution is 2.18. The number of benzene rings is 2. The minimum atomic E-state index is -3.79. The average molecular weight is 314 g/mol. The van der Waals surface area contributed by atoms with E-state index in [9.17, 15) is 17.6 Å². The summed E-state index contributed by atoms with van der Waals surface area (Å²) in [6.07, 6.45) is 0. The Bertz CT molecular complexity index is 727. The topological polar surface area (TPSA) is 63.2 Å². The molecule has 0 heterocycles. The summed E-state index contributed by atoms with van der Waals surface area (Å²) >= 11 is 0. The van der Waals surface area contributed by atoms with Gasteiger partial charge in [0.1, 0.15) is 5.82 Å². The molecule has 0 aliphatic carbocycles. The van der Waals surface area contributed by atoms with Crippen LogP contribution in [-0.4, -0.2) is 14.3 Å². The highest BCUT2D eigenvalue weighted by molar-refractivity contribution is 8.13. The minimum absolute atomic E-state index is 0.0565. The Labute approximate surface area is 119 Å². The van der Waals surface area contributed by atoms with E-state index < -0.39 is 20.8 Å². The fourth-order valence-electron chi connectivity index (χ4n) is 1.51. The molecule has 0 unspecified atom stereocenters. The lowest BCUT2D eigenvalue weighted by Crippen LogP contribution is -2.11. The van der Waals surface area contributed by atoms with E-state index in [1.54, 1.807) is 0 Å². The van der Waals surface area contributed by atoms with Gasteiger partial charge in [-0.05, 0) is 48.5 Å². The van der Waals surface area contributed by atoms with Crippen molar-refractivity contribution < 1.29 is 17.6 Å². The molecule has 4 nitrogen and oxygen atoms in total. The number of hydrogen-bond donors (Lipinski definition) is 1. The molecule has 2 aromatic carbocycles. The lowest BCUT2D eigenvalue weighted by molar-refractivity contribution is 0.102. The van der Waals surface area contributed by atoms with E-state index in [4.69, 9.17) is 10.7 Å². The van der Waals surface area contributed by atoms with E-state index in [2.05, 4.69) is 5.32 Å². The van der Waals surface area contributed by atoms with Gasteiger partial charge in [-0.1, -0.05) is 0 Å². The lowest BCUT2D eigenvalue weighted by atomic mass is 10.2. The predicted octanol–water partition coefficient (Wildman–Crippen LogP) is 3.01. The maximum atomic E-state index is 12.7. The molecule has 0 radical (unpaired) electrons. The quantitative estimate of drug-likeness (QED) is 0.886. The zero-order chi connectivity index (χ0) is 14.8. The second-order valence-corrected chi connectivity index (χ2v) is 6.49. The van der Waals surface area contributed by atoms with Gasteiger partial charge >= 0.3 is 0 Å². The molecule has 7 heteroatoms. The summed E-state index contributed by atoms with van der Waals surface area (Å²) < 4.78 is 34.9. The number of halogens is 2. The van der Waals surface area contributed by atoms with Crippen LogP contribution >= 0.6 is 10.7 Å². The number of carbonyl (C=O) groups excluding carboxylic acids is 1. The molecule has 0 spiro atoms. The fourth-order valence-corrected chi connectivity index (χ4v) is 2.28. The van der Waals surface area contributed by atoms with Crippen molar-refractivity contribution in [1.29, 1.82) is 0 Å². The Morgan fingerprint density at radius 1 is 1.00 bits per heavy atom. The van der Waals surface area contributed by atoms with Crippen molar-refractivity contribution in [3.05, 3.63) is 59.9 Å². The minimum Gasteiger partial charge on any atom is -0.322 e. The zero-order valence-electron chi connectivity index (χ0n) is 10.0. The third kappa shape index (κ3) is 3.55. The van der Waals surface area contributed by atoms with E-state index in [-0.39, 0.29) is 4.90 Å². The number of amides is 1. The van der Waals surface area contributed by atoms with Crippen molar-refractivity contribution in [2.75, 3.05) is 5.32 Å². The average Bonchev–Trinajstić information content (AvgIpc) is 2.39. The SMILES string of the molecule is O=C(Nc1ccc(S(=O)(=O)Cl)cc1)c1ccc(F)cc1. The molecule has 2 aromatic rings. The van der Waals surface area contributed by atoms with Crippen LogP contribution in [0.3, 0.4) is 0 Å². The zero-order valence-corrected chi connectivity index (χ0v) is 11.6. The predicted molar refractivity (Wildman–Crippen MR) is 73.8 cm³/mol. The molecule has 0 fully saturated rings. The van der Waals surface area contributed by atoms with Crippen molar-refractivity contribution >= 4 is 31.3 Å². The van der Waals surface area contributed by atoms with Crippen molar-refractivity contribution in [3.63, 3.8) is 0 Å². The number of hydrogen-bond acceptors (Lipinski definition) is 3. The second kappa shape index (κ2) is 5.60. The highest BCUT2D eigenvalue weighted by atomic mass is 35.7. The Kier molecular flexibility index (Phi) is 4.06.